The van der Waals surface area contributed by atoms with Gasteiger partial charge in [-0.3, -0.25) is 4.90 Å². The van der Waals surface area contributed by atoms with Gasteiger partial charge in [-0.05, 0) is 12.0 Å². The van der Waals surface area contributed by atoms with Crippen LogP contribution in [0.25, 0.3) is 0 Å². The number of hydrogen-bond acceptors (Lipinski definition) is 3. The molecule has 1 heterocycles. The van der Waals surface area contributed by atoms with Crippen LogP contribution in [0.3, 0.4) is 0 Å². The second-order valence-corrected chi connectivity index (χ2v) is 5.00. The molecule has 2 rings (SSSR count). The average Bonchev–Trinajstić information content (AvgIpc) is 2.46. The molecule has 2 atom stereocenters. The van der Waals surface area contributed by atoms with Crippen molar-refractivity contribution in [1.29, 1.82) is 0 Å². The van der Waals surface area contributed by atoms with E-state index in [1.54, 1.807) is 0 Å². The fourth-order valence-electron chi connectivity index (χ4n) is 2.55. The minimum Gasteiger partial charge on any atom is -0.376 e. The van der Waals surface area contributed by atoms with Gasteiger partial charge in [0.05, 0.1) is 12.7 Å². The molecule has 2 N–H and O–H groups in total. The molecule has 1 aliphatic rings. The van der Waals surface area contributed by atoms with Crippen molar-refractivity contribution in [3.63, 3.8) is 0 Å². The van der Waals surface area contributed by atoms with Gasteiger partial charge in [0.1, 0.15) is 0 Å². The van der Waals surface area contributed by atoms with Crippen molar-refractivity contribution in [3.8, 4) is 0 Å². The van der Waals surface area contributed by atoms with Gasteiger partial charge >= 0.3 is 0 Å². The normalized spacial score (nSPS) is 22.9. The largest absolute Gasteiger partial charge is 0.376 e. The van der Waals surface area contributed by atoms with E-state index in [1.165, 1.54) is 5.56 Å². The summed E-state index contributed by atoms with van der Waals surface area (Å²) in [7, 11) is 0. The topological polar surface area (TPSA) is 38.5 Å². The van der Waals surface area contributed by atoms with Crippen molar-refractivity contribution in [2.45, 2.75) is 25.4 Å². The lowest BCUT2D eigenvalue weighted by Gasteiger charge is -2.34. The van der Waals surface area contributed by atoms with Crippen LogP contribution in [-0.4, -0.2) is 43.8 Å². The van der Waals surface area contributed by atoms with Gasteiger partial charge in [0, 0.05) is 32.1 Å². The molecule has 18 heavy (non-hydrogen) atoms. The molecule has 3 heteroatoms. The van der Waals surface area contributed by atoms with Crippen molar-refractivity contribution in [3.05, 3.63) is 35.9 Å². The molecule has 0 aromatic heterocycles. The number of benzene rings is 1. The highest BCUT2D eigenvalue weighted by molar-refractivity contribution is 5.20. The third-order valence-corrected chi connectivity index (χ3v) is 3.71. The Balaban J connectivity index is 1.94. The van der Waals surface area contributed by atoms with Gasteiger partial charge in [-0.15, -0.1) is 0 Å². The summed E-state index contributed by atoms with van der Waals surface area (Å²) in [6.45, 7) is 6.86. The molecule has 0 aliphatic carbocycles. The van der Waals surface area contributed by atoms with Gasteiger partial charge in [0.2, 0.25) is 0 Å². The van der Waals surface area contributed by atoms with Crippen molar-refractivity contribution < 1.29 is 4.74 Å². The fraction of sp³-hybridized carbons (Fsp3) is 0.600. The van der Waals surface area contributed by atoms with Crippen molar-refractivity contribution in [2.24, 2.45) is 5.73 Å². The van der Waals surface area contributed by atoms with Crippen molar-refractivity contribution in [2.75, 3.05) is 32.8 Å². The lowest BCUT2D eigenvalue weighted by Crippen LogP contribution is -2.44. The van der Waals surface area contributed by atoms with E-state index in [9.17, 15) is 0 Å². The van der Waals surface area contributed by atoms with E-state index in [2.05, 4.69) is 42.2 Å². The van der Waals surface area contributed by atoms with E-state index < -0.39 is 0 Å². The van der Waals surface area contributed by atoms with Gasteiger partial charge in [-0.2, -0.15) is 0 Å². The van der Waals surface area contributed by atoms with Gasteiger partial charge in [-0.1, -0.05) is 37.3 Å². The van der Waals surface area contributed by atoms with Crippen LogP contribution in [0.2, 0.25) is 0 Å². The quantitative estimate of drug-likeness (QED) is 0.864. The van der Waals surface area contributed by atoms with Crippen LogP contribution in [0.4, 0.5) is 0 Å². The summed E-state index contributed by atoms with van der Waals surface area (Å²) in [5.41, 5.74) is 7.28. The molecule has 1 aliphatic heterocycles. The zero-order valence-electron chi connectivity index (χ0n) is 11.2. The van der Waals surface area contributed by atoms with Gasteiger partial charge in [-0.25, -0.2) is 0 Å². The molecule has 0 spiro atoms. The van der Waals surface area contributed by atoms with E-state index in [1.807, 2.05) is 0 Å². The molecule has 3 nitrogen and oxygen atoms in total. The van der Waals surface area contributed by atoms with E-state index in [0.717, 1.165) is 32.7 Å². The summed E-state index contributed by atoms with van der Waals surface area (Å²) >= 11 is 0. The SMILES string of the molecule is CCC1CN(CC(CN)c2ccccc2)CCO1. The predicted octanol–water partition coefficient (Wildman–Crippen LogP) is 1.84. The Morgan fingerprint density at radius 2 is 2.17 bits per heavy atom. The third-order valence-electron chi connectivity index (χ3n) is 3.71. The Bertz CT molecular complexity index is 342. The summed E-state index contributed by atoms with van der Waals surface area (Å²) in [4.78, 5) is 2.49. The number of nitrogens with zero attached hydrogens (tertiary/aromatic N) is 1. The Morgan fingerprint density at radius 3 is 2.83 bits per heavy atom. The lowest BCUT2D eigenvalue weighted by molar-refractivity contribution is -0.0311. The highest BCUT2D eigenvalue weighted by Crippen LogP contribution is 2.18. The maximum Gasteiger partial charge on any atom is 0.0700 e. The minimum atomic E-state index is 0.396. The Hall–Kier alpha value is -0.900. The maximum atomic E-state index is 5.93. The number of nitrogens with two attached hydrogens (primary N) is 1. The van der Waals surface area contributed by atoms with Crippen molar-refractivity contribution >= 4 is 0 Å². The van der Waals surface area contributed by atoms with Crippen LogP contribution >= 0.6 is 0 Å². The smallest absolute Gasteiger partial charge is 0.0700 e. The van der Waals surface area contributed by atoms with Crippen LogP contribution in [0, 0.1) is 0 Å². The van der Waals surface area contributed by atoms with Crippen LogP contribution in [0.1, 0.15) is 24.8 Å². The van der Waals surface area contributed by atoms with E-state index in [0.29, 0.717) is 18.6 Å². The molecule has 1 saturated heterocycles. The first-order valence-corrected chi connectivity index (χ1v) is 6.92. The predicted molar refractivity (Wildman–Crippen MR) is 74.7 cm³/mol. The minimum absolute atomic E-state index is 0.396. The number of morpholine rings is 1. The summed E-state index contributed by atoms with van der Waals surface area (Å²) < 4.78 is 5.71. The number of ether oxygens (including phenoxy) is 1. The van der Waals surface area contributed by atoms with E-state index in [4.69, 9.17) is 10.5 Å². The monoisotopic (exact) mass is 248 g/mol. The van der Waals surface area contributed by atoms with Gasteiger partial charge in [0.25, 0.3) is 0 Å². The molecule has 1 aromatic carbocycles. The van der Waals surface area contributed by atoms with Gasteiger partial charge < -0.3 is 10.5 Å². The molecule has 1 fully saturated rings. The number of hydrogen-bond donors (Lipinski definition) is 1. The first kappa shape index (κ1) is 13.5. The summed E-state index contributed by atoms with van der Waals surface area (Å²) in [5, 5.41) is 0. The fourth-order valence-corrected chi connectivity index (χ4v) is 2.55. The summed E-state index contributed by atoms with van der Waals surface area (Å²) in [6, 6.07) is 10.6. The highest BCUT2D eigenvalue weighted by Gasteiger charge is 2.21. The molecular formula is C15H24N2O. The van der Waals surface area contributed by atoms with Crippen LogP contribution < -0.4 is 5.73 Å². The molecular weight excluding hydrogens is 224 g/mol. The summed E-state index contributed by atoms with van der Waals surface area (Å²) in [6.07, 6.45) is 1.49. The lowest BCUT2D eigenvalue weighted by atomic mass is 9.98. The highest BCUT2D eigenvalue weighted by atomic mass is 16.5. The standard InChI is InChI=1S/C15H24N2O/c1-2-15-12-17(8-9-18-15)11-14(10-16)13-6-4-3-5-7-13/h3-7,14-15H,2,8-12,16H2,1H3. The second kappa shape index (κ2) is 6.88. The van der Waals surface area contributed by atoms with Crippen LogP contribution in [-0.2, 0) is 4.74 Å². The third kappa shape index (κ3) is 3.55. The first-order chi connectivity index (χ1) is 8.83. The van der Waals surface area contributed by atoms with E-state index in [-0.39, 0.29) is 0 Å². The molecule has 0 bridgehead atoms. The van der Waals surface area contributed by atoms with Crippen LogP contribution in [0.5, 0.6) is 0 Å². The molecule has 100 valence electrons. The number of rotatable bonds is 5. The zero-order valence-corrected chi connectivity index (χ0v) is 11.2. The maximum absolute atomic E-state index is 5.93. The van der Waals surface area contributed by atoms with E-state index >= 15 is 0 Å². The van der Waals surface area contributed by atoms with Crippen LogP contribution in [0.15, 0.2) is 30.3 Å². The molecule has 0 amide bonds. The zero-order chi connectivity index (χ0) is 12.8. The Kier molecular flexibility index (Phi) is 5.17. The Labute approximate surface area is 110 Å². The first-order valence-electron chi connectivity index (χ1n) is 6.92. The molecule has 2 unspecified atom stereocenters. The Morgan fingerprint density at radius 1 is 1.39 bits per heavy atom. The average molecular weight is 248 g/mol. The molecule has 0 saturated carbocycles. The summed E-state index contributed by atoms with van der Waals surface area (Å²) in [5.74, 6) is 0.432. The van der Waals surface area contributed by atoms with Gasteiger partial charge in [0.15, 0.2) is 0 Å². The second-order valence-electron chi connectivity index (χ2n) is 5.00. The van der Waals surface area contributed by atoms with Crippen molar-refractivity contribution in [1.82, 2.24) is 4.90 Å². The molecule has 1 aromatic rings. The molecule has 0 radical (unpaired) electrons.